The summed E-state index contributed by atoms with van der Waals surface area (Å²) in [7, 11) is 0. The first-order valence-electron chi connectivity index (χ1n) is 9.36. The first-order chi connectivity index (χ1) is 12.7. The standard InChI is InChI=1S/C21H27N3O2/c1-16-7-12-20(23-15-16)26-19-10-8-18(9-11-19)24-21(25)22-14-13-17-5-3-2-4-6-17/h2-7,12,15,18-19H,8-11,13-14H2,1H3,(H2,22,24,25). The topological polar surface area (TPSA) is 63.2 Å². The van der Waals surface area contributed by atoms with Gasteiger partial charge in [-0.2, -0.15) is 0 Å². The van der Waals surface area contributed by atoms with Crippen LogP contribution in [0.5, 0.6) is 5.88 Å². The number of nitrogens with zero attached hydrogens (tertiary/aromatic N) is 1. The molecule has 0 unspecified atom stereocenters. The number of urea groups is 1. The Bertz CT molecular complexity index is 680. The zero-order chi connectivity index (χ0) is 18.2. The lowest BCUT2D eigenvalue weighted by Crippen LogP contribution is -2.45. The van der Waals surface area contributed by atoms with Crippen molar-refractivity contribution in [1.82, 2.24) is 15.6 Å². The van der Waals surface area contributed by atoms with Crippen molar-refractivity contribution in [2.75, 3.05) is 6.54 Å². The van der Waals surface area contributed by atoms with Crippen molar-refractivity contribution in [1.29, 1.82) is 0 Å². The molecule has 2 N–H and O–H groups in total. The first-order valence-corrected chi connectivity index (χ1v) is 9.36. The molecular weight excluding hydrogens is 326 g/mol. The fourth-order valence-electron chi connectivity index (χ4n) is 3.22. The molecule has 0 bridgehead atoms. The van der Waals surface area contributed by atoms with Gasteiger partial charge >= 0.3 is 6.03 Å². The summed E-state index contributed by atoms with van der Waals surface area (Å²) in [6.45, 7) is 2.66. The second-order valence-electron chi connectivity index (χ2n) is 6.90. The zero-order valence-corrected chi connectivity index (χ0v) is 15.3. The molecule has 2 aromatic rings. The second-order valence-corrected chi connectivity index (χ2v) is 6.90. The van der Waals surface area contributed by atoms with Gasteiger partial charge in [-0.05, 0) is 50.2 Å². The van der Waals surface area contributed by atoms with Crippen LogP contribution in [0.25, 0.3) is 0 Å². The number of aryl methyl sites for hydroxylation is 1. The number of hydrogen-bond donors (Lipinski definition) is 2. The third kappa shape index (κ3) is 5.76. The molecule has 1 saturated carbocycles. The van der Waals surface area contributed by atoms with Crippen LogP contribution in [0.3, 0.4) is 0 Å². The van der Waals surface area contributed by atoms with Gasteiger partial charge in [0.2, 0.25) is 5.88 Å². The number of carbonyl (C=O) groups is 1. The van der Waals surface area contributed by atoms with Gasteiger partial charge in [0.1, 0.15) is 6.10 Å². The molecule has 1 fully saturated rings. The predicted molar refractivity (Wildman–Crippen MR) is 102 cm³/mol. The van der Waals surface area contributed by atoms with Crippen molar-refractivity contribution >= 4 is 6.03 Å². The van der Waals surface area contributed by atoms with Crippen LogP contribution >= 0.6 is 0 Å². The lowest BCUT2D eigenvalue weighted by atomic mass is 9.93. The minimum atomic E-state index is -0.0782. The highest BCUT2D eigenvalue weighted by Crippen LogP contribution is 2.23. The quantitative estimate of drug-likeness (QED) is 0.834. The number of amides is 2. The summed E-state index contributed by atoms with van der Waals surface area (Å²) in [4.78, 5) is 16.3. The van der Waals surface area contributed by atoms with Crippen molar-refractivity contribution in [3.05, 3.63) is 59.8 Å². The lowest BCUT2D eigenvalue weighted by Gasteiger charge is -2.29. The van der Waals surface area contributed by atoms with E-state index in [2.05, 4.69) is 27.8 Å². The Kier molecular flexibility index (Phi) is 6.47. The van der Waals surface area contributed by atoms with E-state index in [-0.39, 0.29) is 18.2 Å². The maximum absolute atomic E-state index is 12.0. The molecule has 0 aliphatic heterocycles. The summed E-state index contributed by atoms with van der Waals surface area (Å²) in [6, 6.07) is 14.2. The van der Waals surface area contributed by atoms with Crippen molar-refractivity contribution in [2.24, 2.45) is 0 Å². The number of carbonyl (C=O) groups excluding carboxylic acids is 1. The molecular formula is C21H27N3O2. The number of rotatable bonds is 6. The lowest BCUT2D eigenvalue weighted by molar-refractivity contribution is 0.135. The summed E-state index contributed by atoms with van der Waals surface area (Å²) in [5.74, 6) is 0.686. The Balaban J connectivity index is 1.33. The van der Waals surface area contributed by atoms with Crippen LogP contribution in [-0.4, -0.2) is 29.7 Å². The fourth-order valence-corrected chi connectivity index (χ4v) is 3.22. The Morgan fingerprint density at radius 2 is 1.88 bits per heavy atom. The highest BCUT2D eigenvalue weighted by atomic mass is 16.5. The van der Waals surface area contributed by atoms with Crippen LogP contribution in [0.15, 0.2) is 48.7 Å². The van der Waals surface area contributed by atoms with Crippen molar-refractivity contribution < 1.29 is 9.53 Å². The number of ether oxygens (including phenoxy) is 1. The summed E-state index contributed by atoms with van der Waals surface area (Å²) in [5, 5.41) is 6.02. The molecule has 3 rings (SSSR count). The molecule has 0 saturated heterocycles. The van der Waals surface area contributed by atoms with E-state index in [0.29, 0.717) is 12.4 Å². The van der Waals surface area contributed by atoms with Gasteiger partial charge in [0.25, 0.3) is 0 Å². The average molecular weight is 353 g/mol. The molecule has 0 atom stereocenters. The molecule has 1 aliphatic carbocycles. The molecule has 1 aromatic carbocycles. The van der Waals surface area contributed by atoms with E-state index in [0.717, 1.165) is 37.7 Å². The van der Waals surface area contributed by atoms with Crippen molar-refractivity contribution in [3.63, 3.8) is 0 Å². The van der Waals surface area contributed by atoms with E-state index < -0.39 is 0 Å². The normalized spacial score (nSPS) is 19.6. The molecule has 1 aliphatic rings. The molecule has 2 amide bonds. The summed E-state index contributed by atoms with van der Waals surface area (Å²) in [6.07, 6.45) is 6.59. The van der Waals surface area contributed by atoms with Crippen molar-refractivity contribution in [2.45, 2.75) is 51.2 Å². The maximum Gasteiger partial charge on any atom is 0.315 e. The molecule has 26 heavy (non-hydrogen) atoms. The highest BCUT2D eigenvalue weighted by molar-refractivity contribution is 5.74. The van der Waals surface area contributed by atoms with Crippen LogP contribution in [0.1, 0.15) is 36.8 Å². The Morgan fingerprint density at radius 1 is 1.12 bits per heavy atom. The summed E-state index contributed by atoms with van der Waals surface area (Å²) >= 11 is 0. The number of benzene rings is 1. The van der Waals surface area contributed by atoms with E-state index >= 15 is 0 Å². The van der Waals surface area contributed by atoms with Crippen LogP contribution in [0.2, 0.25) is 0 Å². The molecule has 0 spiro atoms. The summed E-state index contributed by atoms with van der Waals surface area (Å²) in [5.41, 5.74) is 2.36. The zero-order valence-electron chi connectivity index (χ0n) is 15.3. The van der Waals surface area contributed by atoms with E-state index in [9.17, 15) is 4.79 Å². The number of pyridine rings is 1. The first kappa shape index (κ1) is 18.2. The van der Waals surface area contributed by atoms with E-state index in [4.69, 9.17) is 4.74 Å². The molecule has 0 radical (unpaired) electrons. The Hall–Kier alpha value is -2.56. The molecule has 1 heterocycles. The summed E-state index contributed by atoms with van der Waals surface area (Å²) < 4.78 is 5.94. The van der Waals surface area contributed by atoms with Gasteiger partial charge in [0, 0.05) is 24.8 Å². The third-order valence-electron chi connectivity index (χ3n) is 4.72. The minimum Gasteiger partial charge on any atom is -0.474 e. The molecule has 1 aromatic heterocycles. The van der Waals surface area contributed by atoms with Gasteiger partial charge in [0.15, 0.2) is 0 Å². The van der Waals surface area contributed by atoms with Crippen LogP contribution in [0.4, 0.5) is 4.79 Å². The maximum atomic E-state index is 12.0. The van der Waals surface area contributed by atoms with Gasteiger partial charge < -0.3 is 15.4 Å². The minimum absolute atomic E-state index is 0.0782. The number of nitrogens with one attached hydrogen (secondary N) is 2. The fraction of sp³-hybridized carbons (Fsp3) is 0.429. The smallest absolute Gasteiger partial charge is 0.315 e. The number of hydrogen-bond acceptors (Lipinski definition) is 3. The third-order valence-corrected chi connectivity index (χ3v) is 4.72. The highest BCUT2D eigenvalue weighted by Gasteiger charge is 2.23. The SMILES string of the molecule is Cc1ccc(OC2CCC(NC(=O)NCCc3ccccc3)CC2)nc1. The van der Waals surface area contributed by atoms with Gasteiger partial charge in [-0.3, -0.25) is 0 Å². The Morgan fingerprint density at radius 3 is 2.58 bits per heavy atom. The van der Waals surface area contributed by atoms with E-state index in [1.54, 1.807) is 0 Å². The number of aromatic nitrogens is 1. The van der Waals surface area contributed by atoms with Crippen LogP contribution < -0.4 is 15.4 Å². The van der Waals surface area contributed by atoms with E-state index in [1.165, 1.54) is 5.56 Å². The van der Waals surface area contributed by atoms with Crippen LogP contribution in [-0.2, 0) is 6.42 Å². The van der Waals surface area contributed by atoms with Gasteiger partial charge in [-0.15, -0.1) is 0 Å². The average Bonchev–Trinajstić information content (AvgIpc) is 2.66. The van der Waals surface area contributed by atoms with Crippen molar-refractivity contribution in [3.8, 4) is 5.88 Å². The second kappa shape index (κ2) is 9.22. The largest absolute Gasteiger partial charge is 0.474 e. The van der Waals surface area contributed by atoms with Gasteiger partial charge in [-0.1, -0.05) is 36.4 Å². The predicted octanol–water partition coefficient (Wildman–Crippen LogP) is 3.62. The van der Waals surface area contributed by atoms with E-state index in [1.807, 2.05) is 43.5 Å². The molecule has 5 heteroatoms. The molecule has 138 valence electrons. The monoisotopic (exact) mass is 353 g/mol. The molecule has 5 nitrogen and oxygen atoms in total. The van der Waals surface area contributed by atoms with Gasteiger partial charge in [0.05, 0.1) is 0 Å². The Labute approximate surface area is 155 Å². The van der Waals surface area contributed by atoms with Crippen LogP contribution in [0, 0.1) is 6.92 Å². The van der Waals surface area contributed by atoms with Gasteiger partial charge in [-0.25, -0.2) is 9.78 Å².